The Morgan fingerprint density at radius 3 is 2.39 bits per heavy atom. The summed E-state index contributed by atoms with van der Waals surface area (Å²) in [4.78, 5) is 0. The van der Waals surface area contributed by atoms with Gasteiger partial charge < -0.3 is 5.11 Å². The predicted molar refractivity (Wildman–Crippen MR) is 76.4 cm³/mol. The minimum absolute atomic E-state index is 0.521. The van der Waals surface area contributed by atoms with Gasteiger partial charge in [-0.1, -0.05) is 47.0 Å². The van der Waals surface area contributed by atoms with Gasteiger partial charge in [0.05, 0.1) is 0 Å². The number of benzene rings is 2. The van der Waals surface area contributed by atoms with Crippen LogP contribution in [0.1, 0.15) is 28.4 Å². The average molecular weight is 281 g/mol. The lowest BCUT2D eigenvalue weighted by Gasteiger charge is -2.16. The zero-order valence-corrected chi connectivity index (χ0v) is 11.8. The molecule has 0 bridgehead atoms. The van der Waals surface area contributed by atoms with Crippen molar-refractivity contribution in [2.45, 2.75) is 20.0 Å². The Balaban J connectivity index is 2.50. The van der Waals surface area contributed by atoms with Gasteiger partial charge >= 0.3 is 0 Å². The zero-order chi connectivity index (χ0) is 13.3. The van der Waals surface area contributed by atoms with Crippen LogP contribution in [-0.4, -0.2) is 5.11 Å². The molecular weight excluding hydrogens is 267 g/mol. The summed E-state index contributed by atoms with van der Waals surface area (Å²) in [5, 5.41) is 11.5. The molecule has 2 aromatic carbocycles. The second-order valence-corrected chi connectivity index (χ2v) is 5.27. The molecule has 0 fully saturated rings. The first kappa shape index (κ1) is 13.4. The molecule has 94 valence electrons. The van der Waals surface area contributed by atoms with E-state index < -0.39 is 6.10 Å². The second kappa shape index (κ2) is 5.31. The molecule has 1 nitrogen and oxygen atoms in total. The Bertz CT molecular complexity index is 527. The van der Waals surface area contributed by atoms with Crippen LogP contribution < -0.4 is 0 Å². The summed E-state index contributed by atoms with van der Waals surface area (Å²) in [5.41, 5.74) is 3.63. The molecule has 1 atom stereocenters. The van der Waals surface area contributed by atoms with Crippen molar-refractivity contribution in [1.29, 1.82) is 0 Å². The smallest absolute Gasteiger partial charge is 0.106 e. The fraction of sp³-hybridized carbons (Fsp3) is 0.200. The first-order valence-electron chi connectivity index (χ1n) is 5.69. The maximum atomic E-state index is 10.5. The molecule has 0 amide bonds. The molecular formula is C15H14Cl2O. The summed E-state index contributed by atoms with van der Waals surface area (Å²) < 4.78 is 0. The molecule has 1 unspecified atom stereocenters. The van der Waals surface area contributed by atoms with Crippen LogP contribution in [0.5, 0.6) is 0 Å². The van der Waals surface area contributed by atoms with Crippen LogP contribution in [0, 0.1) is 13.8 Å². The highest BCUT2D eigenvalue weighted by atomic mass is 35.5. The Kier molecular flexibility index (Phi) is 3.96. The highest BCUT2D eigenvalue weighted by Gasteiger charge is 2.16. The molecule has 2 rings (SSSR count). The molecule has 3 heteroatoms. The summed E-state index contributed by atoms with van der Waals surface area (Å²) in [5.74, 6) is 0. The molecule has 0 saturated carbocycles. The highest BCUT2D eigenvalue weighted by Crippen LogP contribution is 2.32. The topological polar surface area (TPSA) is 20.2 Å². The van der Waals surface area contributed by atoms with E-state index in [4.69, 9.17) is 23.2 Å². The van der Waals surface area contributed by atoms with Gasteiger partial charge in [0.2, 0.25) is 0 Å². The van der Waals surface area contributed by atoms with Crippen LogP contribution >= 0.6 is 23.2 Å². The lowest BCUT2D eigenvalue weighted by Crippen LogP contribution is -2.03. The highest BCUT2D eigenvalue weighted by molar-refractivity contribution is 6.33. The lowest BCUT2D eigenvalue weighted by molar-refractivity contribution is 0.219. The van der Waals surface area contributed by atoms with Crippen molar-refractivity contribution in [2.75, 3.05) is 0 Å². The number of rotatable bonds is 2. The van der Waals surface area contributed by atoms with E-state index >= 15 is 0 Å². The van der Waals surface area contributed by atoms with E-state index in [-0.39, 0.29) is 0 Å². The normalized spacial score (nSPS) is 12.5. The van der Waals surface area contributed by atoms with Crippen molar-refractivity contribution in [3.05, 3.63) is 68.7 Å². The molecule has 0 saturated heterocycles. The van der Waals surface area contributed by atoms with Gasteiger partial charge in [-0.05, 0) is 43.2 Å². The summed E-state index contributed by atoms with van der Waals surface area (Å²) >= 11 is 12.1. The summed E-state index contributed by atoms with van der Waals surface area (Å²) in [6.07, 6.45) is -0.754. The van der Waals surface area contributed by atoms with E-state index in [1.807, 2.05) is 32.0 Å². The predicted octanol–water partition coefficient (Wildman–Crippen LogP) is 4.69. The maximum absolute atomic E-state index is 10.5. The Hall–Kier alpha value is -1.02. The van der Waals surface area contributed by atoms with E-state index in [1.54, 1.807) is 18.2 Å². The van der Waals surface area contributed by atoms with Crippen molar-refractivity contribution in [2.24, 2.45) is 0 Å². The Morgan fingerprint density at radius 1 is 0.944 bits per heavy atom. The fourth-order valence-electron chi connectivity index (χ4n) is 1.95. The SMILES string of the molecule is Cc1ccc(C)c(C(O)c2cc(Cl)ccc2Cl)c1. The van der Waals surface area contributed by atoms with Gasteiger partial charge in [-0.25, -0.2) is 0 Å². The summed E-state index contributed by atoms with van der Waals surface area (Å²) in [6.45, 7) is 3.96. The number of aliphatic hydroxyl groups is 1. The third kappa shape index (κ3) is 2.69. The molecule has 1 N–H and O–H groups in total. The van der Waals surface area contributed by atoms with Gasteiger partial charge in [-0.3, -0.25) is 0 Å². The number of halogens is 2. The molecule has 0 aliphatic rings. The van der Waals surface area contributed by atoms with E-state index in [0.29, 0.717) is 15.6 Å². The number of hydrogen-bond donors (Lipinski definition) is 1. The number of hydrogen-bond acceptors (Lipinski definition) is 1. The molecule has 0 spiro atoms. The van der Waals surface area contributed by atoms with Crippen molar-refractivity contribution in [3.63, 3.8) is 0 Å². The quantitative estimate of drug-likeness (QED) is 0.846. The minimum Gasteiger partial charge on any atom is -0.384 e. The molecule has 18 heavy (non-hydrogen) atoms. The summed E-state index contributed by atoms with van der Waals surface area (Å²) in [7, 11) is 0. The van der Waals surface area contributed by atoms with Crippen molar-refractivity contribution >= 4 is 23.2 Å². The van der Waals surface area contributed by atoms with Crippen LogP contribution in [0.25, 0.3) is 0 Å². The third-order valence-electron chi connectivity index (χ3n) is 2.98. The lowest BCUT2D eigenvalue weighted by atomic mass is 9.96. The average Bonchev–Trinajstić information content (AvgIpc) is 2.34. The minimum atomic E-state index is -0.754. The molecule has 0 aromatic heterocycles. The Morgan fingerprint density at radius 2 is 1.67 bits per heavy atom. The fourth-order valence-corrected chi connectivity index (χ4v) is 2.35. The van der Waals surface area contributed by atoms with Gasteiger partial charge in [0.15, 0.2) is 0 Å². The first-order chi connectivity index (χ1) is 8.49. The zero-order valence-electron chi connectivity index (χ0n) is 10.2. The van der Waals surface area contributed by atoms with Gasteiger partial charge in [0.25, 0.3) is 0 Å². The van der Waals surface area contributed by atoms with E-state index in [9.17, 15) is 5.11 Å². The van der Waals surface area contributed by atoms with Gasteiger partial charge in [0.1, 0.15) is 6.10 Å². The second-order valence-electron chi connectivity index (χ2n) is 4.43. The van der Waals surface area contributed by atoms with Gasteiger partial charge in [0, 0.05) is 15.6 Å². The largest absolute Gasteiger partial charge is 0.384 e. The van der Waals surface area contributed by atoms with E-state index in [2.05, 4.69) is 0 Å². The summed E-state index contributed by atoms with van der Waals surface area (Å²) in [6, 6.07) is 11.1. The maximum Gasteiger partial charge on any atom is 0.106 e. The van der Waals surface area contributed by atoms with Crippen LogP contribution in [0.15, 0.2) is 36.4 Å². The van der Waals surface area contributed by atoms with Crippen molar-refractivity contribution in [1.82, 2.24) is 0 Å². The number of aryl methyl sites for hydroxylation is 2. The van der Waals surface area contributed by atoms with Gasteiger partial charge in [-0.2, -0.15) is 0 Å². The monoisotopic (exact) mass is 280 g/mol. The van der Waals surface area contributed by atoms with E-state index in [0.717, 1.165) is 16.7 Å². The van der Waals surface area contributed by atoms with E-state index in [1.165, 1.54) is 0 Å². The molecule has 2 aromatic rings. The first-order valence-corrected chi connectivity index (χ1v) is 6.45. The standard InChI is InChI=1S/C15H14Cl2O/c1-9-3-4-10(2)12(7-9)15(18)13-8-11(16)5-6-14(13)17/h3-8,15,18H,1-2H3. The molecule has 0 aliphatic carbocycles. The van der Waals surface area contributed by atoms with Crippen LogP contribution in [0.4, 0.5) is 0 Å². The molecule has 0 heterocycles. The van der Waals surface area contributed by atoms with Crippen molar-refractivity contribution < 1.29 is 5.11 Å². The van der Waals surface area contributed by atoms with Crippen LogP contribution in [0.2, 0.25) is 10.0 Å². The van der Waals surface area contributed by atoms with Crippen LogP contribution in [-0.2, 0) is 0 Å². The third-order valence-corrected chi connectivity index (χ3v) is 3.56. The number of aliphatic hydroxyl groups excluding tert-OH is 1. The Labute approximate surface area is 117 Å². The molecule has 0 radical (unpaired) electrons. The van der Waals surface area contributed by atoms with Crippen molar-refractivity contribution in [3.8, 4) is 0 Å². The molecule has 0 aliphatic heterocycles. The van der Waals surface area contributed by atoms with Crippen LogP contribution in [0.3, 0.4) is 0 Å². The van der Waals surface area contributed by atoms with Gasteiger partial charge in [-0.15, -0.1) is 0 Å².